The summed E-state index contributed by atoms with van der Waals surface area (Å²) in [6.45, 7) is 7.69. The zero-order valence-electron chi connectivity index (χ0n) is 18.2. The van der Waals surface area contributed by atoms with Crippen molar-refractivity contribution in [1.82, 2.24) is 16.0 Å². The summed E-state index contributed by atoms with van der Waals surface area (Å²) in [5.74, 6) is -3.85. The van der Waals surface area contributed by atoms with Crippen molar-refractivity contribution in [2.24, 2.45) is 17.6 Å². The molecule has 11 heteroatoms. The summed E-state index contributed by atoms with van der Waals surface area (Å²) in [6.07, 6.45) is -0.446. The normalized spacial score (nSPS) is 17.2. The fourth-order valence-corrected chi connectivity index (χ4v) is 2.59. The van der Waals surface area contributed by atoms with Gasteiger partial charge in [-0.25, -0.2) is 4.79 Å². The minimum Gasteiger partial charge on any atom is -0.480 e. The van der Waals surface area contributed by atoms with Crippen LogP contribution in [0, 0.1) is 11.8 Å². The summed E-state index contributed by atoms with van der Waals surface area (Å²) in [6, 6.07) is -4.88. The van der Waals surface area contributed by atoms with Crippen LogP contribution in [0.3, 0.4) is 0 Å². The standard InChI is InChI=1S/C19H36N4O7/c1-6-10(4)15(18(28)21-12(19(29)30)7-9(2)3)23-16(26)13(8-24)22-17(27)14(20)11(5)25/h9-15,24-25H,6-8,20H2,1-5H3,(H,21,28)(H,22,27)(H,23,26)(H,29,30). The molecule has 0 saturated carbocycles. The first-order valence-electron chi connectivity index (χ1n) is 10.0. The van der Waals surface area contributed by atoms with E-state index in [0.717, 1.165) is 0 Å². The summed E-state index contributed by atoms with van der Waals surface area (Å²) < 4.78 is 0. The Kier molecular flexibility index (Phi) is 12.2. The number of nitrogens with two attached hydrogens (primary N) is 1. The SMILES string of the molecule is CCC(C)C(NC(=O)C(CO)NC(=O)C(N)C(C)O)C(=O)NC(CC(C)C)C(=O)O. The third kappa shape index (κ3) is 9.06. The van der Waals surface area contributed by atoms with Crippen LogP contribution in [0.4, 0.5) is 0 Å². The molecule has 0 aromatic heterocycles. The molecule has 0 aliphatic heterocycles. The lowest BCUT2D eigenvalue weighted by atomic mass is 9.96. The second-order valence-electron chi connectivity index (χ2n) is 7.91. The number of aliphatic carboxylic acids is 1. The zero-order valence-corrected chi connectivity index (χ0v) is 18.2. The lowest BCUT2D eigenvalue weighted by Crippen LogP contribution is -2.60. The highest BCUT2D eigenvalue weighted by atomic mass is 16.4. The molecule has 0 heterocycles. The maximum Gasteiger partial charge on any atom is 0.326 e. The van der Waals surface area contributed by atoms with E-state index < -0.39 is 60.6 Å². The molecule has 0 aliphatic rings. The van der Waals surface area contributed by atoms with E-state index in [1.165, 1.54) is 6.92 Å². The van der Waals surface area contributed by atoms with Gasteiger partial charge in [0.05, 0.1) is 12.7 Å². The quantitative estimate of drug-likeness (QED) is 0.179. The van der Waals surface area contributed by atoms with Crippen LogP contribution in [0.1, 0.15) is 47.5 Å². The number of hydrogen-bond acceptors (Lipinski definition) is 7. The minimum atomic E-state index is -1.40. The molecular formula is C19H36N4O7. The summed E-state index contributed by atoms with van der Waals surface area (Å²) in [4.78, 5) is 48.7. The second kappa shape index (κ2) is 13.1. The fourth-order valence-electron chi connectivity index (χ4n) is 2.59. The Labute approximate surface area is 176 Å². The number of nitrogens with one attached hydrogen (secondary N) is 3. The monoisotopic (exact) mass is 432 g/mol. The van der Waals surface area contributed by atoms with Crippen molar-refractivity contribution >= 4 is 23.7 Å². The van der Waals surface area contributed by atoms with Crippen molar-refractivity contribution in [3.8, 4) is 0 Å². The van der Waals surface area contributed by atoms with Gasteiger partial charge in [0, 0.05) is 0 Å². The maximum absolute atomic E-state index is 12.7. The van der Waals surface area contributed by atoms with Crippen molar-refractivity contribution < 1.29 is 34.5 Å². The molecule has 0 spiro atoms. The summed E-state index contributed by atoms with van der Waals surface area (Å²) in [7, 11) is 0. The number of rotatable bonds is 13. The van der Waals surface area contributed by atoms with E-state index in [2.05, 4.69) is 16.0 Å². The van der Waals surface area contributed by atoms with Crippen molar-refractivity contribution in [3.05, 3.63) is 0 Å². The topological polar surface area (TPSA) is 191 Å². The van der Waals surface area contributed by atoms with E-state index in [9.17, 15) is 34.5 Å². The Bertz CT molecular complexity index is 597. The third-order valence-electron chi connectivity index (χ3n) is 4.75. The molecule has 6 unspecified atom stereocenters. The highest BCUT2D eigenvalue weighted by Gasteiger charge is 2.33. The molecule has 0 saturated heterocycles. The van der Waals surface area contributed by atoms with Crippen molar-refractivity contribution in [2.75, 3.05) is 6.61 Å². The number of hydrogen-bond donors (Lipinski definition) is 7. The maximum atomic E-state index is 12.7. The predicted molar refractivity (Wildman–Crippen MR) is 109 cm³/mol. The fraction of sp³-hybridized carbons (Fsp3) is 0.789. The van der Waals surface area contributed by atoms with Crippen molar-refractivity contribution in [1.29, 1.82) is 0 Å². The third-order valence-corrected chi connectivity index (χ3v) is 4.75. The van der Waals surface area contributed by atoms with Gasteiger partial charge in [-0.3, -0.25) is 14.4 Å². The molecule has 0 aliphatic carbocycles. The lowest BCUT2D eigenvalue weighted by Gasteiger charge is -2.28. The minimum absolute atomic E-state index is 0.0233. The largest absolute Gasteiger partial charge is 0.480 e. The highest BCUT2D eigenvalue weighted by Crippen LogP contribution is 2.11. The van der Waals surface area contributed by atoms with Gasteiger partial charge in [-0.2, -0.15) is 0 Å². The van der Waals surface area contributed by atoms with Gasteiger partial charge in [0.1, 0.15) is 24.2 Å². The first kappa shape index (κ1) is 27.8. The van der Waals surface area contributed by atoms with Gasteiger partial charge in [-0.1, -0.05) is 34.1 Å². The molecule has 3 amide bonds. The van der Waals surface area contributed by atoms with Crippen LogP contribution in [0.25, 0.3) is 0 Å². The van der Waals surface area contributed by atoms with Crippen LogP contribution in [0.5, 0.6) is 0 Å². The van der Waals surface area contributed by atoms with E-state index >= 15 is 0 Å². The van der Waals surface area contributed by atoms with E-state index in [1.54, 1.807) is 13.8 Å². The second-order valence-corrected chi connectivity index (χ2v) is 7.91. The molecule has 0 radical (unpaired) electrons. The first-order valence-corrected chi connectivity index (χ1v) is 10.0. The number of aliphatic hydroxyl groups is 2. The van der Waals surface area contributed by atoms with Gasteiger partial charge in [-0.15, -0.1) is 0 Å². The van der Waals surface area contributed by atoms with Gasteiger partial charge in [-0.05, 0) is 25.2 Å². The summed E-state index contributed by atoms with van der Waals surface area (Å²) in [5, 5.41) is 35.3. The number of aliphatic hydroxyl groups excluding tert-OH is 2. The number of amides is 3. The molecule has 11 nitrogen and oxygen atoms in total. The Morgan fingerprint density at radius 2 is 1.43 bits per heavy atom. The van der Waals surface area contributed by atoms with Crippen LogP contribution in [0.2, 0.25) is 0 Å². The van der Waals surface area contributed by atoms with Crippen LogP contribution >= 0.6 is 0 Å². The molecular weight excluding hydrogens is 396 g/mol. The Morgan fingerprint density at radius 1 is 0.900 bits per heavy atom. The molecule has 0 bridgehead atoms. The molecule has 174 valence electrons. The Morgan fingerprint density at radius 3 is 1.83 bits per heavy atom. The molecule has 0 rings (SSSR count). The smallest absolute Gasteiger partial charge is 0.326 e. The molecule has 0 aromatic rings. The molecule has 0 aromatic carbocycles. The zero-order chi connectivity index (χ0) is 23.6. The van der Waals surface area contributed by atoms with Crippen molar-refractivity contribution in [2.45, 2.75) is 77.7 Å². The molecule has 8 N–H and O–H groups in total. The van der Waals surface area contributed by atoms with E-state index in [0.29, 0.717) is 6.42 Å². The Hall–Kier alpha value is -2.24. The van der Waals surface area contributed by atoms with Crippen LogP contribution < -0.4 is 21.7 Å². The van der Waals surface area contributed by atoms with E-state index in [4.69, 9.17) is 5.73 Å². The van der Waals surface area contributed by atoms with Crippen molar-refractivity contribution in [3.63, 3.8) is 0 Å². The van der Waals surface area contributed by atoms with E-state index in [1.807, 2.05) is 13.8 Å². The average molecular weight is 433 g/mol. The summed E-state index contributed by atoms with van der Waals surface area (Å²) in [5.41, 5.74) is 5.51. The van der Waals surface area contributed by atoms with Gasteiger partial charge in [0.25, 0.3) is 0 Å². The van der Waals surface area contributed by atoms with Gasteiger partial charge >= 0.3 is 5.97 Å². The van der Waals surface area contributed by atoms with Crippen LogP contribution in [0.15, 0.2) is 0 Å². The molecule has 0 fully saturated rings. The van der Waals surface area contributed by atoms with Crippen LogP contribution in [-0.2, 0) is 19.2 Å². The van der Waals surface area contributed by atoms with Crippen LogP contribution in [-0.4, -0.2) is 75.9 Å². The van der Waals surface area contributed by atoms with Gasteiger partial charge < -0.3 is 37.0 Å². The van der Waals surface area contributed by atoms with Gasteiger partial charge in [0.15, 0.2) is 0 Å². The molecule has 6 atom stereocenters. The Balaban J connectivity index is 5.34. The first-order chi connectivity index (χ1) is 13.8. The lowest BCUT2D eigenvalue weighted by molar-refractivity contribution is -0.143. The summed E-state index contributed by atoms with van der Waals surface area (Å²) >= 11 is 0. The average Bonchev–Trinajstić information content (AvgIpc) is 2.67. The number of carboxylic acids is 1. The highest BCUT2D eigenvalue weighted by molar-refractivity contribution is 5.94. The predicted octanol–water partition coefficient (Wildman–Crippen LogP) is -1.68. The number of carboxylic acid groups (broad SMARTS) is 1. The van der Waals surface area contributed by atoms with Gasteiger partial charge in [0.2, 0.25) is 17.7 Å². The number of carbonyl (C=O) groups is 4. The van der Waals surface area contributed by atoms with E-state index in [-0.39, 0.29) is 18.3 Å². The number of carbonyl (C=O) groups excluding carboxylic acids is 3. The molecule has 30 heavy (non-hydrogen) atoms.